The molecule has 1 aromatic heterocycles. The zero-order chi connectivity index (χ0) is 19.0. The summed E-state index contributed by atoms with van der Waals surface area (Å²) in [5.41, 5.74) is -0.188. The van der Waals surface area contributed by atoms with Crippen LogP contribution < -0.4 is 5.56 Å². The molecule has 2 rings (SSSR count). The molecule has 142 valence electrons. The highest BCUT2D eigenvalue weighted by atomic mass is 19.1. The van der Waals surface area contributed by atoms with Gasteiger partial charge in [-0.15, -0.1) is 0 Å². The summed E-state index contributed by atoms with van der Waals surface area (Å²) in [5.74, 6) is -1.88. The molecule has 6 heteroatoms. The van der Waals surface area contributed by atoms with E-state index in [0.29, 0.717) is 18.4 Å². The minimum atomic E-state index is -1.10. The lowest BCUT2D eigenvalue weighted by atomic mass is 10.0. The zero-order valence-electron chi connectivity index (χ0n) is 15.8. The highest BCUT2D eigenvalue weighted by molar-refractivity contribution is 5.71. The molecule has 0 aromatic carbocycles. The van der Waals surface area contributed by atoms with E-state index in [-0.39, 0.29) is 5.92 Å². The molecule has 1 aliphatic rings. The van der Waals surface area contributed by atoms with Crippen molar-refractivity contribution in [3.63, 3.8) is 0 Å². The van der Waals surface area contributed by atoms with Gasteiger partial charge in [-0.25, -0.2) is 9.18 Å². The topological polar surface area (TPSA) is 62.5 Å². The first kappa shape index (κ1) is 21.4. The number of likely N-dealkylation sites (tertiary alicyclic amines) is 1. The molecular weight excluding hydrogens is 323 g/mol. The van der Waals surface area contributed by atoms with E-state index in [0.717, 1.165) is 24.2 Å². The molecule has 0 saturated carbocycles. The second-order valence-corrected chi connectivity index (χ2v) is 6.69. The number of carboxylic acids is 1. The molecule has 1 unspecified atom stereocenters. The Balaban J connectivity index is 0.00000151. The summed E-state index contributed by atoms with van der Waals surface area (Å²) < 4.78 is 15.0. The Morgan fingerprint density at radius 3 is 2.40 bits per heavy atom. The van der Waals surface area contributed by atoms with E-state index < -0.39 is 23.4 Å². The van der Waals surface area contributed by atoms with Crippen LogP contribution in [0.25, 0.3) is 0 Å². The van der Waals surface area contributed by atoms with E-state index in [2.05, 4.69) is 4.90 Å². The van der Waals surface area contributed by atoms with Crippen molar-refractivity contribution in [2.45, 2.75) is 59.4 Å². The summed E-state index contributed by atoms with van der Waals surface area (Å²) in [7, 11) is 0. The van der Waals surface area contributed by atoms with Crippen LogP contribution in [0.15, 0.2) is 17.1 Å². The van der Waals surface area contributed by atoms with E-state index in [1.807, 2.05) is 27.7 Å². The lowest BCUT2D eigenvalue weighted by Crippen LogP contribution is -2.33. The zero-order valence-corrected chi connectivity index (χ0v) is 15.8. The Morgan fingerprint density at radius 2 is 1.88 bits per heavy atom. The maximum atomic E-state index is 14.0. The van der Waals surface area contributed by atoms with Gasteiger partial charge in [0.15, 0.2) is 5.82 Å². The van der Waals surface area contributed by atoms with Gasteiger partial charge in [-0.1, -0.05) is 27.7 Å². The second kappa shape index (κ2) is 10.3. The van der Waals surface area contributed by atoms with Crippen LogP contribution in [0.3, 0.4) is 0 Å². The first-order valence-electron chi connectivity index (χ1n) is 9.24. The molecule has 25 heavy (non-hydrogen) atoms. The van der Waals surface area contributed by atoms with Crippen molar-refractivity contribution >= 4 is 5.97 Å². The maximum absolute atomic E-state index is 14.0. The largest absolute Gasteiger partial charge is 0.480 e. The number of halogens is 1. The fourth-order valence-electron chi connectivity index (χ4n) is 3.06. The number of nitrogens with zero attached hydrogens (tertiary/aromatic N) is 2. The first-order chi connectivity index (χ1) is 11.9. The van der Waals surface area contributed by atoms with Crippen LogP contribution >= 0.6 is 0 Å². The highest BCUT2D eigenvalue weighted by Gasteiger charge is 2.23. The molecule has 0 amide bonds. The number of hydrogen-bond donors (Lipinski definition) is 1. The van der Waals surface area contributed by atoms with Crippen LogP contribution in [0.2, 0.25) is 0 Å². The van der Waals surface area contributed by atoms with Crippen molar-refractivity contribution in [1.29, 1.82) is 0 Å². The molecule has 1 N–H and O–H groups in total. The lowest BCUT2D eigenvalue weighted by molar-refractivity contribution is -0.141. The van der Waals surface area contributed by atoms with Gasteiger partial charge in [0.25, 0.3) is 5.56 Å². The molecule has 1 fully saturated rings. The SMILES string of the molecule is CC.CC(C)CC(C(=O)O)n1cc(CCN2CCCC2)cc(F)c1=O. The molecule has 0 bridgehead atoms. The molecule has 1 aromatic rings. The number of carbonyl (C=O) groups is 1. The summed E-state index contributed by atoms with van der Waals surface area (Å²) in [5, 5.41) is 9.39. The van der Waals surface area contributed by atoms with Crippen LogP contribution in [0, 0.1) is 11.7 Å². The molecule has 0 spiro atoms. The highest BCUT2D eigenvalue weighted by Crippen LogP contribution is 2.18. The number of pyridine rings is 1. The average molecular weight is 354 g/mol. The Kier molecular flexibility index (Phi) is 8.83. The standard InChI is InChI=1S/C17H25FN2O3.C2H6/c1-12(2)9-15(17(22)23)20-11-13(10-14(18)16(20)21)5-8-19-6-3-4-7-19;1-2/h10-12,15H,3-9H2,1-2H3,(H,22,23);1-2H3. The summed E-state index contributed by atoms with van der Waals surface area (Å²) >= 11 is 0. The third kappa shape index (κ3) is 6.27. The van der Waals surface area contributed by atoms with Gasteiger partial charge < -0.3 is 10.0 Å². The number of hydrogen-bond acceptors (Lipinski definition) is 3. The summed E-state index contributed by atoms with van der Waals surface area (Å²) in [6.45, 7) is 10.7. The molecule has 0 aliphatic carbocycles. The van der Waals surface area contributed by atoms with Crippen LogP contribution in [-0.4, -0.2) is 40.2 Å². The smallest absolute Gasteiger partial charge is 0.326 e. The minimum Gasteiger partial charge on any atom is -0.480 e. The minimum absolute atomic E-state index is 0.0966. The van der Waals surface area contributed by atoms with Gasteiger partial charge >= 0.3 is 5.97 Å². The van der Waals surface area contributed by atoms with Crippen LogP contribution in [0.1, 0.15) is 58.6 Å². The van der Waals surface area contributed by atoms with Crippen LogP contribution in [-0.2, 0) is 11.2 Å². The molecule has 1 saturated heterocycles. The number of aliphatic carboxylic acids is 1. The van der Waals surface area contributed by atoms with Gasteiger partial charge in [0, 0.05) is 12.7 Å². The Morgan fingerprint density at radius 1 is 1.28 bits per heavy atom. The third-order valence-corrected chi connectivity index (χ3v) is 4.29. The lowest BCUT2D eigenvalue weighted by Gasteiger charge is -2.19. The predicted molar refractivity (Wildman–Crippen MR) is 97.5 cm³/mol. The van der Waals surface area contributed by atoms with Crippen molar-refractivity contribution in [3.05, 3.63) is 34.0 Å². The van der Waals surface area contributed by atoms with Crippen molar-refractivity contribution in [3.8, 4) is 0 Å². The predicted octanol–water partition coefficient (Wildman–Crippen LogP) is 3.32. The monoisotopic (exact) mass is 354 g/mol. The van der Waals surface area contributed by atoms with Gasteiger partial charge in [0.2, 0.25) is 0 Å². The Labute approximate surface area is 149 Å². The normalized spacial score (nSPS) is 15.8. The maximum Gasteiger partial charge on any atom is 0.326 e. The summed E-state index contributed by atoms with van der Waals surface area (Å²) in [6, 6.07) is 0.215. The molecule has 5 nitrogen and oxygen atoms in total. The van der Waals surface area contributed by atoms with Crippen molar-refractivity contribution in [2.75, 3.05) is 19.6 Å². The Hall–Kier alpha value is -1.69. The fourth-order valence-corrected chi connectivity index (χ4v) is 3.06. The number of carboxylic acid groups (broad SMARTS) is 1. The van der Waals surface area contributed by atoms with Crippen LogP contribution in [0.5, 0.6) is 0 Å². The van der Waals surface area contributed by atoms with Gasteiger partial charge in [0.1, 0.15) is 6.04 Å². The van der Waals surface area contributed by atoms with Gasteiger partial charge in [-0.05, 0) is 56.3 Å². The number of rotatable bonds is 7. The van der Waals surface area contributed by atoms with Gasteiger partial charge in [-0.2, -0.15) is 0 Å². The fraction of sp³-hybridized carbons (Fsp3) is 0.684. The Bertz CT molecular complexity index is 607. The molecule has 0 radical (unpaired) electrons. The van der Waals surface area contributed by atoms with Crippen LogP contribution in [0.4, 0.5) is 4.39 Å². The van der Waals surface area contributed by atoms with Gasteiger partial charge in [-0.3, -0.25) is 9.36 Å². The van der Waals surface area contributed by atoms with E-state index in [1.54, 1.807) is 0 Å². The summed E-state index contributed by atoms with van der Waals surface area (Å²) in [4.78, 5) is 25.8. The van der Waals surface area contributed by atoms with E-state index in [9.17, 15) is 19.1 Å². The second-order valence-electron chi connectivity index (χ2n) is 6.69. The van der Waals surface area contributed by atoms with E-state index in [4.69, 9.17) is 0 Å². The third-order valence-electron chi connectivity index (χ3n) is 4.29. The van der Waals surface area contributed by atoms with E-state index >= 15 is 0 Å². The van der Waals surface area contributed by atoms with Gasteiger partial charge in [0.05, 0.1) is 0 Å². The first-order valence-corrected chi connectivity index (χ1v) is 9.24. The molecule has 1 aliphatic heterocycles. The van der Waals surface area contributed by atoms with Crippen molar-refractivity contribution in [1.82, 2.24) is 9.47 Å². The van der Waals surface area contributed by atoms with Crippen molar-refractivity contribution in [2.24, 2.45) is 5.92 Å². The summed E-state index contributed by atoms with van der Waals surface area (Å²) in [6.07, 6.45) is 4.80. The average Bonchev–Trinajstić information content (AvgIpc) is 3.09. The molecular formula is C19H31FN2O3. The molecule has 2 heterocycles. The quantitative estimate of drug-likeness (QED) is 0.816. The van der Waals surface area contributed by atoms with E-state index in [1.165, 1.54) is 25.1 Å². The molecule has 1 atom stereocenters. The number of aromatic nitrogens is 1. The van der Waals surface area contributed by atoms with Crippen molar-refractivity contribution < 1.29 is 14.3 Å².